The number of hydrazine groups is 1. The van der Waals surface area contributed by atoms with Crippen LogP contribution >= 0.6 is 0 Å². The molecule has 0 aliphatic heterocycles. The minimum Gasteiger partial charge on any atom is -0.497 e. The fourth-order valence-electron chi connectivity index (χ4n) is 2.22. The second-order valence-corrected chi connectivity index (χ2v) is 4.60. The zero-order valence-corrected chi connectivity index (χ0v) is 11.3. The van der Waals surface area contributed by atoms with Crippen molar-refractivity contribution in [2.24, 2.45) is 5.84 Å². The van der Waals surface area contributed by atoms with Gasteiger partial charge in [-0.05, 0) is 47.2 Å². The summed E-state index contributed by atoms with van der Waals surface area (Å²) < 4.78 is 5.15. The van der Waals surface area contributed by atoms with Crippen LogP contribution < -0.4 is 15.6 Å². The number of methoxy groups -OCH3 is 1. The molecule has 2 N–H and O–H groups in total. The standard InChI is InChI=1S/C17H16N2O/c1-20-17-10-8-15(9-11-17)19(18)16-7-6-13-4-2-3-5-14(13)12-16/h2-12H,18H2,1H3. The van der Waals surface area contributed by atoms with Gasteiger partial charge in [-0.15, -0.1) is 0 Å². The number of fused-ring (bicyclic) bond motifs is 1. The third-order valence-electron chi connectivity index (χ3n) is 3.36. The lowest BCUT2D eigenvalue weighted by Gasteiger charge is -2.19. The molecule has 0 fully saturated rings. The van der Waals surface area contributed by atoms with Crippen molar-refractivity contribution in [2.45, 2.75) is 0 Å². The SMILES string of the molecule is COc1ccc(N(N)c2ccc3ccccc3c2)cc1. The maximum Gasteiger partial charge on any atom is 0.119 e. The highest BCUT2D eigenvalue weighted by Gasteiger charge is 2.05. The lowest BCUT2D eigenvalue weighted by molar-refractivity contribution is 0.415. The van der Waals surface area contributed by atoms with Gasteiger partial charge in [0.15, 0.2) is 0 Å². The quantitative estimate of drug-likeness (QED) is 0.576. The van der Waals surface area contributed by atoms with Gasteiger partial charge in [-0.25, -0.2) is 5.84 Å². The lowest BCUT2D eigenvalue weighted by atomic mass is 10.1. The monoisotopic (exact) mass is 264 g/mol. The number of hydrogen-bond acceptors (Lipinski definition) is 3. The summed E-state index contributed by atoms with van der Waals surface area (Å²) in [6.45, 7) is 0. The molecule has 20 heavy (non-hydrogen) atoms. The largest absolute Gasteiger partial charge is 0.497 e. The van der Waals surface area contributed by atoms with Gasteiger partial charge >= 0.3 is 0 Å². The van der Waals surface area contributed by atoms with E-state index in [9.17, 15) is 0 Å². The maximum absolute atomic E-state index is 6.19. The molecule has 100 valence electrons. The molecule has 0 aliphatic rings. The zero-order valence-electron chi connectivity index (χ0n) is 11.3. The van der Waals surface area contributed by atoms with Crippen molar-refractivity contribution in [3.63, 3.8) is 0 Å². The topological polar surface area (TPSA) is 38.5 Å². The Hall–Kier alpha value is -2.52. The van der Waals surface area contributed by atoms with E-state index >= 15 is 0 Å². The molecule has 0 bridgehead atoms. The third kappa shape index (κ3) is 2.31. The fraction of sp³-hybridized carbons (Fsp3) is 0.0588. The number of anilines is 2. The second kappa shape index (κ2) is 5.23. The molecule has 3 heteroatoms. The first-order valence-corrected chi connectivity index (χ1v) is 6.45. The van der Waals surface area contributed by atoms with Gasteiger partial charge in [-0.2, -0.15) is 0 Å². The predicted octanol–water partition coefficient (Wildman–Crippen LogP) is 3.86. The number of ether oxygens (including phenoxy) is 1. The van der Waals surface area contributed by atoms with Gasteiger partial charge in [0.25, 0.3) is 0 Å². The van der Waals surface area contributed by atoms with Crippen molar-refractivity contribution in [3.05, 3.63) is 66.7 Å². The van der Waals surface area contributed by atoms with Crippen LogP contribution in [-0.2, 0) is 0 Å². The summed E-state index contributed by atoms with van der Waals surface area (Å²) in [4.78, 5) is 0. The summed E-state index contributed by atoms with van der Waals surface area (Å²) in [5.41, 5.74) is 1.87. The van der Waals surface area contributed by atoms with Crippen molar-refractivity contribution < 1.29 is 4.74 Å². The van der Waals surface area contributed by atoms with Gasteiger partial charge in [0, 0.05) is 0 Å². The lowest BCUT2D eigenvalue weighted by Crippen LogP contribution is -2.24. The summed E-state index contributed by atoms with van der Waals surface area (Å²) in [7, 11) is 1.65. The number of benzene rings is 3. The summed E-state index contributed by atoms with van der Waals surface area (Å²) in [6.07, 6.45) is 0. The Bertz CT molecular complexity index is 722. The van der Waals surface area contributed by atoms with Crippen LogP contribution in [0, 0.1) is 0 Å². The molecule has 3 aromatic carbocycles. The average Bonchev–Trinajstić information content (AvgIpc) is 2.54. The van der Waals surface area contributed by atoms with Gasteiger partial charge in [-0.3, -0.25) is 5.01 Å². The molecule has 0 aromatic heterocycles. The second-order valence-electron chi connectivity index (χ2n) is 4.60. The van der Waals surface area contributed by atoms with Crippen LogP contribution in [0.25, 0.3) is 10.8 Å². The van der Waals surface area contributed by atoms with Gasteiger partial charge in [-0.1, -0.05) is 30.3 Å². The molecule has 3 rings (SSSR count). The molecular formula is C17H16N2O. The molecule has 0 aliphatic carbocycles. The molecule has 0 saturated heterocycles. The van der Waals surface area contributed by atoms with Gasteiger partial charge < -0.3 is 4.74 Å². The van der Waals surface area contributed by atoms with E-state index in [1.165, 1.54) is 10.8 Å². The molecule has 0 radical (unpaired) electrons. The molecule has 0 spiro atoms. The maximum atomic E-state index is 6.19. The van der Waals surface area contributed by atoms with Gasteiger partial charge in [0.2, 0.25) is 0 Å². The molecule has 0 saturated carbocycles. The van der Waals surface area contributed by atoms with E-state index in [0.717, 1.165) is 17.1 Å². The van der Waals surface area contributed by atoms with E-state index in [1.807, 2.05) is 42.5 Å². The molecule has 3 nitrogen and oxygen atoms in total. The van der Waals surface area contributed by atoms with E-state index in [2.05, 4.69) is 24.3 Å². The minimum absolute atomic E-state index is 0.820. The van der Waals surface area contributed by atoms with E-state index < -0.39 is 0 Å². The zero-order chi connectivity index (χ0) is 13.9. The number of nitrogens with two attached hydrogens (primary N) is 1. The number of rotatable bonds is 3. The Kier molecular flexibility index (Phi) is 3.27. The highest BCUT2D eigenvalue weighted by molar-refractivity contribution is 5.86. The molecule has 0 amide bonds. The van der Waals surface area contributed by atoms with Crippen LogP contribution in [0.4, 0.5) is 11.4 Å². The van der Waals surface area contributed by atoms with E-state index in [4.69, 9.17) is 10.6 Å². The summed E-state index contributed by atoms with van der Waals surface area (Å²) in [5, 5.41) is 4.06. The van der Waals surface area contributed by atoms with Crippen LogP contribution in [0.1, 0.15) is 0 Å². The van der Waals surface area contributed by atoms with Crippen LogP contribution in [0.15, 0.2) is 66.7 Å². The normalized spacial score (nSPS) is 10.5. The summed E-state index contributed by atoms with van der Waals surface area (Å²) in [5.74, 6) is 7.01. The smallest absolute Gasteiger partial charge is 0.119 e. The minimum atomic E-state index is 0.820. The number of hydrogen-bond donors (Lipinski definition) is 1. The first kappa shape index (κ1) is 12.5. The van der Waals surface area contributed by atoms with Gasteiger partial charge in [0.1, 0.15) is 5.75 Å². The molecule has 0 atom stereocenters. The highest BCUT2D eigenvalue weighted by Crippen LogP contribution is 2.27. The van der Waals surface area contributed by atoms with Crippen LogP contribution in [0.2, 0.25) is 0 Å². The predicted molar refractivity (Wildman–Crippen MR) is 83.3 cm³/mol. The summed E-state index contributed by atoms with van der Waals surface area (Å²) >= 11 is 0. The van der Waals surface area contributed by atoms with Gasteiger partial charge in [0.05, 0.1) is 18.5 Å². The Labute approximate surface area is 118 Å². The van der Waals surface area contributed by atoms with E-state index in [0.29, 0.717) is 0 Å². The Balaban J connectivity index is 1.96. The van der Waals surface area contributed by atoms with Crippen LogP contribution in [0.5, 0.6) is 5.75 Å². The Morgan fingerprint density at radius 3 is 2.15 bits per heavy atom. The molecule has 3 aromatic rings. The third-order valence-corrected chi connectivity index (χ3v) is 3.36. The van der Waals surface area contributed by atoms with E-state index in [-0.39, 0.29) is 0 Å². The number of nitrogens with zero attached hydrogens (tertiary/aromatic N) is 1. The van der Waals surface area contributed by atoms with Crippen LogP contribution in [0.3, 0.4) is 0 Å². The molecule has 0 unspecified atom stereocenters. The Morgan fingerprint density at radius 1 is 0.800 bits per heavy atom. The summed E-state index contributed by atoms with van der Waals surface area (Å²) in [6, 6.07) is 22.1. The molecule has 0 heterocycles. The first-order chi connectivity index (χ1) is 9.78. The molecular weight excluding hydrogens is 248 g/mol. The van der Waals surface area contributed by atoms with Crippen molar-refractivity contribution in [1.29, 1.82) is 0 Å². The first-order valence-electron chi connectivity index (χ1n) is 6.45. The Morgan fingerprint density at radius 2 is 1.45 bits per heavy atom. The average molecular weight is 264 g/mol. The van der Waals surface area contributed by atoms with Crippen molar-refractivity contribution in [3.8, 4) is 5.75 Å². The van der Waals surface area contributed by atoms with Crippen LogP contribution in [-0.4, -0.2) is 7.11 Å². The van der Waals surface area contributed by atoms with E-state index in [1.54, 1.807) is 12.1 Å². The highest BCUT2D eigenvalue weighted by atomic mass is 16.5. The van der Waals surface area contributed by atoms with Crippen molar-refractivity contribution in [2.75, 3.05) is 12.1 Å². The van der Waals surface area contributed by atoms with Crippen molar-refractivity contribution in [1.82, 2.24) is 0 Å². The fourth-order valence-corrected chi connectivity index (χ4v) is 2.22. The van der Waals surface area contributed by atoms with Crippen molar-refractivity contribution >= 4 is 22.1 Å².